The van der Waals surface area contributed by atoms with Crippen LogP contribution >= 0.6 is 0 Å². The van der Waals surface area contributed by atoms with E-state index in [0.717, 1.165) is 55.5 Å². The van der Waals surface area contributed by atoms with Crippen LogP contribution in [0.4, 0.5) is 5.69 Å². The van der Waals surface area contributed by atoms with Crippen LogP contribution in [-0.2, 0) is 9.53 Å². The summed E-state index contributed by atoms with van der Waals surface area (Å²) >= 11 is 0. The van der Waals surface area contributed by atoms with Gasteiger partial charge in [-0.3, -0.25) is 9.69 Å². The highest BCUT2D eigenvalue weighted by Gasteiger charge is 2.26. The largest absolute Gasteiger partial charge is 0.373 e. The van der Waals surface area contributed by atoms with Gasteiger partial charge in [0.25, 0.3) is 0 Å². The summed E-state index contributed by atoms with van der Waals surface area (Å²) in [5.41, 5.74) is 3.07. The maximum absolute atomic E-state index is 12.7. The van der Waals surface area contributed by atoms with Gasteiger partial charge in [-0.15, -0.1) is 0 Å². The van der Waals surface area contributed by atoms with Gasteiger partial charge in [-0.05, 0) is 57.3 Å². The lowest BCUT2D eigenvalue weighted by molar-refractivity contribution is -0.116. The molecule has 1 amide bonds. The number of piperidine rings is 1. The molecule has 0 bridgehead atoms. The molecular formula is C27H37N3O2. The Morgan fingerprint density at radius 1 is 0.938 bits per heavy atom. The molecule has 1 N–H and O–H groups in total. The Morgan fingerprint density at radius 3 is 2.31 bits per heavy atom. The first-order chi connectivity index (χ1) is 15.6. The van der Waals surface area contributed by atoms with Gasteiger partial charge >= 0.3 is 0 Å². The fourth-order valence-corrected chi connectivity index (χ4v) is 5.13. The van der Waals surface area contributed by atoms with Crippen LogP contribution in [0.25, 0.3) is 11.1 Å². The highest BCUT2D eigenvalue weighted by atomic mass is 16.5. The van der Waals surface area contributed by atoms with E-state index in [1.165, 1.54) is 19.4 Å². The van der Waals surface area contributed by atoms with Gasteiger partial charge in [-0.2, -0.15) is 0 Å². The molecule has 0 radical (unpaired) electrons. The van der Waals surface area contributed by atoms with Crippen LogP contribution in [0.15, 0.2) is 54.6 Å². The summed E-state index contributed by atoms with van der Waals surface area (Å²) in [7, 11) is 0. The maximum atomic E-state index is 12.7. The number of rotatable bonds is 7. The number of ether oxygens (including phenoxy) is 1. The quantitative estimate of drug-likeness (QED) is 0.695. The Morgan fingerprint density at radius 2 is 1.59 bits per heavy atom. The Bertz CT molecular complexity index is 854. The molecule has 2 aliphatic heterocycles. The van der Waals surface area contributed by atoms with Crippen molar-refractivity contribution in [1.29, 1.82) is 0 Å². The highest BCUT2D eigenvalue weighted by Crippen LogP contribution is 2.27. The maximum Gasteiger partial charge on any atom is 0.225 e. The lowest BCUT2D eigenvalue weighted by atomic mass is 9.95. The minimum Gasteiger partial charge on any atom is -0.373 e. The fourth-order valence-electron chi connectivity index (χ4n) is 5.13. The van der Waals surface area contributed by atoms with E-state index in [1.807, 2.05) is 36.4 Å². The second-order valence-electron chi connectivity index (χ2n) is 9.47. The number of likely N-dealkylation sites (tertiary alicyclic amines) is 1. The molecule has 2 saturated heterocycles. The molecule has 5 nitrogen and oxygen atoms in total. The van der Waals surface area contributed by atoms with Gasteiger partial charge in [0, 0.05) is 43.9 Å². The first kappa shape index (κ1) is 23.0. The molecule has 2 aromatic rings. The summed E-state index contributed by atoms with van der Waals surface area (Å²) in [4.78, 5) is 17.7. The Hall–Kier alpha value is -2.21. The Kier molecular flexibility index (Phi) is 7.95. The zero-order chi connectivity index (χ0) is 22.3. The summed E-state index contributed by atoms with van der Waals surface area (Å²) < 4.78 is 5.86. The molecule has 0 aromatic heterocycles. The van der Waals surface area contributed by atoms with Crippen molar-refractivity contribution < 1.29 is 9.53 Å². The van der Waals surface area contributed by atoms with E-state index in [9.17, 15) is 4.79 Å². The molecule has 2 atom stereocenters. The minimum atomic E-state index is 0.0896. The fraction of sp³-hybridized carbons (Fsp3) is 0.519. The van der Waals surface area contributed by atoms with Gasteiger partial charge in [-0.1, -0.05) is 48.5 Å². The van der Waals surface area contributed by atoms with Crippen molar-refractivity contribution in [2.24, 2.45) is 5.92 Å². The van der Waals surface area contributed by atoms with Crippen molar-refractivity contribution in [3.63, 3.8) is 0 Å². The van der Waals surface area contributed by atoms with Crippen molar-refractivity contribution >= 4 is 11.6 Å². The summed E-state index contributed by atoms with van der Waals surface area (Å²) in [5.74, 6) is 0.849. The molecule has 2 aliphatic rings. The number of amides is 1. The van der Waals surface area contributed by atoms with Crippen LogP contribution in [-0.4, -0.2) is 67.2 Å². The van der Waals surface area contributed by atoms with E-state index in [1.54, 1.807) is 0 Å². The van der Waals surface area contributed by atoms with Crippen LogP contribution in [0.3, 0.4) is 0 Å². The highest BCUT2D eigenvalue weighted by molar-refractivity contribution is 5.95. The first-order valence-corrected chi connectivity index (χ1v) is 12.1. The molecule has 0 spiro atoms. The van der Waals surface area contributed by atoms with Crippen LogP contribution in [0.2, 0.25) is 0 Å². The predicted molar refractivity (Wildman–Crippen MR) is 131 cm³/mol. The molecule has 2 unspecified atom stereocenters. The number of carbonyl (C=O) groups is 1. The molecule has 0 saturated carbocycles. The number of hydrogen-bond donors (Lipinski definition) is 1. The van der Waals surface area contributed by atoms with E-state index >= 15 is 0 Å². The van der Waals surface area contributed by atoms with Gasteiger partial charge in [0.1, 0.15) is 0 Å². The van der Waals surface area contributed by atoms with Crippen molar-refractivity contribution in [3.05, 3.63) is 54.6 Å². The third-order valence-corrected chi connectivity index (χ3v) is 6.66. The van der Waals surface area contributed by atoms with E-state index in [-0.39, 0.29) is 5.91 Å². The van der Waals surface area contributed by atoms with Gasteiger partial charge < -0.3 is 15.0 Å². The third kappa shape index (κ3) is 6.41. The summed E-state index contributed by atoms with van der Waals surface area (Å²) in [5, 5.41) is 3.14. The van der Waals surface area contributed by atoms with Gasteiger partial charge in [0.15, 0.2) is 0 Å². The SMILES string of the molecule is CC1CN(CC2CCN(CCC(=O)Nc3ccccc3-c3ccccc3)CC2)CC(C)O1. The second-order valence-corrected chi connectivity index (χ2v) is 9.47. The number of nitrogens with zero attached hydrogens (tertiary/aromatic N) is 2. The van der Waals surface area contributed by atoms with Crippen LogP contribution in [0, 0.1) is 5.92 Å². The lowest BCUT2D eigenvalue weighted by Crippen LogP contribution is -2.48. The normalized spacial score (nSPS) is 23.2. The number of morpholine rings is 1. The number of para-hydroxylation sites is 1. The van der Waals surface area contributed by atoms with E-state index in [4.69, 9.17) is 4.74 Å². The standard InChI is InChI=1S/C27H37N3O2/c1-21-18-30(19-22(2)32-21)20-23-12-15-29(16-13-23)17-14-27(31)28-26-11-7-6-10-25(26)24-8-4-3-5-9-24/h3-11,21-23H,12-20H2,1-2H3,(H,28,31). The molecule has 2 aromatic carbocycles. The topological polar surface area (TPSA) is 44.8 Å². The molecule has 0 aliphatic carbocycles. The number of benzene rings is 2. The Labute approximate surface area is 192 Å². The van der Waals surface area contributed by atoms with Crippen molar-refractivity contribution in [3.8, 4) is 11.1 Å². The molecule has 4 rings (SSSR count). The lowest BCUT2D eigenvalue weighted by Gasteiger charge is -2.39. The van der Waals surface area contributed by atoms with Crippen molar-refractivity contribution in [2.45, 2.75) is 45.3 Å². The van der Waals surface area contributed by atoms with Gasteiger partial charge in [0.2, 0.25) is 5.91 Å². The molecule has 5 heteroatoms. The van der Waals surface area contributed by atoms with Crippen LogP contribution in [0.5, 0.6) is 0 Å². The van der Waals surface area contributed by atoms with E-state index in [0.29, 0.717) is 18.6 Å². The van der Waals surface area contributed by atoms with Gasteiger partial charge in [-0.25, -0.2) is 0 Å². The zero-order valence-corrected chi connectivity index (χ0v) is 19.5. The monoisotopic (exact) mass is 435 g/mol. The third-order valence-electron chi connectivity index (χ3n) is 6.66. The molecule has 2 fully saturated rings. The van der Waals surface area contributed by atoms with E-state index in [2.05, 4.69) is 47.2 Å². The van der Waals surface area contributed by atoms with Crippen molar-refractivity contribution in [1.82, 2.24) is 9.80 Å². The molecule has 32 heavy (non-hydrogen) atoms. The van der Waals surface area contributed by atoms with E-state index < -0.39 is 0 Å². The average Bonchev–Trinajstić information content (AvgIpc) is 2.79. The second kappa shape index (κ2) is 11.1. The van der Waals surface area contributed by atoms with Crippen molar-refractivity contribution in [2.75, 3.05) is 44.6 Å². The zero-order valence-electron chi connectivity index (χ0n) is 19.5. The Balaban J connectivity index is 1.21. The van der Waals surface area contributed by atoms with Crippen LogP contribution in [0.1, 0.15) is 33.1 Å². The van der Waals surface area contributed by atoms with Gasteiger partial charge in [0.05, 0.1) is 12.2 Å². The molecule has 2 heterocycles. The predicted octanol–water partition coefficient (Wildman–Crippen LogP) is 4.50. The summed E-state index contributed by atoms with van der Waals surface area (Å²) in [6, 6.07) is 18.3. The number of nitrogens with one attached hydrogen (secondary N) is 1. The molecular weight excluding hydrogens is 398 g/mol. The average molecular weight is 436 g/mol. The smallest absolute Gasteiger partial charge is 0.225 e. The molecule has 172 valence electrons. The van der Waals surface area contributed by atoms with Crippen LogP contribution < -0.4 is 5.32 Å². The summed E-state index contributed by atoms with van der Waals surface area (Å²) in [6.07, 6.45) is 3.65. The number of hydrogen-bond acceptors (Lipinski definition) is 4. The summed E-state index contributed by atoms with van der Waals surface area (Å²) in [6.45, 7) is 10.6. The minimum absolute atomic E-state index is 0.0896. The number of anilines is 1. The first-order valence-electron chi connectivity index (χ1n) is 12.1. The number of carbonyl (C=O) groups excluding carboxylic acids is 1.